The fourth-order valence-corrected chi connectivity index (χ4v) is 6.10. The maximum absolute atomic E-state index is 14.3. The van der Waals surface area contributed by atoms with Gasteiger partial charge in [0, 0.05) is 41.6 Å². The number of amides is 3. The average Bonchev–Trinajstić information content (AvgIpc) is 3.73. The van der Waals surface area contributed by atoms with Gasteiger partial charge in [0.2, 0.25) is 11.8 Å². The number of nitrogens with two attached hydrogens (primary N) is 1. The van der Waals surface area contributed by atoms with Gasteiger partial charge in [0.15, 0.2) is 5.69 Å². The molecule has 3 N–H and O–H groups in total. The van der Waals surface area contributed by atoms with E-state index in [1.165, 1.54) is 10.7 Å². The molecule has 2 aromatic carbocycles. The van der Waals surface area contributed by atoms with Gasteiger partial charge >= 0.3 is 0 Å². The van der Waals surface area contributed by atoms with Crippen LogP contribution in [0, 0.1) is 11.7 Å². The van der Waals surface area contributed by atoms with Crippen molar-refractivity contribution in [2.24, 2.45) is 11.7 Å². The van der Waals surface area contributed by atoms with Gasteiger partial charge < -0.3 is 20.5 Å². The summed E-state index contributed by atoms with van der Waals surface area (Å²) >= 11 is 5.86. The molecule has 3 atom stereocenters. The number of carbonyl (C=O) groups is 3. The van der Waals surface area contributed by atoms with E-state index in [2.05, 4.69) is 15.4 Å². The van der Waals surface area contributed by atoms with Gasteiger partial charge in [0.1, 0.15) is 18.4 Å². The monoisotopic (exact) mass is 549 g/mol. The maximum Gasteiger partial charge on any atom is 0.269 e. The van der Waals surface area contributed by atoms with Crippen molar-refractivity contribution in [3.63, 3.8) is 0 Å². The summed E-state index contributed by atoms with van der Waals surface area (Å²) in [6.45, 7) is -0.198. The van der Waals surface area contributed by atoms with Crippen LogP contribution in [0.15, 0.2) is 55.1 Å². The molecular weight excluding hydrogens is 525 g/mol. The molecule has 1 saturated heterocycles. The topological polar surface area (TPSA) is 128 Å². The van der Waals surface area contributed by atoms with Crippen LogP contribution in [0.1, 0.15) is 35.3 Å². The van der Waals surface area contributed by atoms with Gasteiger partial charge in [-0.05, 0) is 49.4 Å². The number of nitrogens with one attached hydrogen (secondary N) is 1. The Morgan fingerprint density at radius 3 is 2.79 bits per heavy atom. The third kappa shape index (κ3) is 4.42. The molecule has 2 aliphatic rings. The Balaban J connectivity index is 1.25. The van der Waals surface area contributed by atoms with Gasteiger partial charge in [-0.25, -0.2) is 9.37 Å². The standard InChI is InChI=1S/C27H25ClFN7O3/c28-20-3-1-2-16(23(20)29)12-32-27(39)25-15-4-5-18(10-15)36(25)22(37)13-35-21-7-6-17(34-9-8-31-14-34)11-19(21)24(33-35)26(30)38/h1-3,6-9,11,14-15,18,25H,4-5,10,12-13H2,(H2,30,38)(H,32,39)/t15-,18+,25-/m0/s1. The number of halogens is 2. The first-order chi connectivity index (χ1) is 18.8. The summed E-state index contributed by atoms with van der Waals surface area (Å²) in [5.74, 6) is -1.87. The minimum absolute atomic E-state index is 0.0163. The normalized spacial score (nSPS) is 20.1. The summed E-state index contributed by atoms with van der Waals surface area (Å²) < 4.78 is 17.6. The number of likely N-dealkylation sites (tertiary alicyclic amines) is 1. The number of carbonyl (C=O) groups excluding carboxylic acids is 3. The van der Waals surface area contributed by atoms with Crippen LogP contribution in [0.3, 0.4) is 0 Å². The molecule has 2 aromatic heterocycles. The van der Waals surface area contributed by atoms with Crippen LogP contribution in [0.25, 0.3) is 16.6 Å². The SMILES string of the molecule is NC(=O)c1nn(CC(=O)N2[C@@H]3CC[C@@H](C3)[C@H]2C(=O)NCc2cccc(Cl)c2F)c2ccc(-n3ccnc3)cc12. The predicted molar refractivity (Wildman–Crippen MR) is 140 cm³/mol. The third-order valence-electron chi connectivity index (χ3n) is 7.68. The number of rotatable bonds is 7. The Hall–Kier alpha value is -4.25. The molecule has 1 saturated carbocycles. The van der Waals surface area contributed by atoms with Crippen LogP contribution < -0.4 is 11.1 Å². The van der Waals surface area contributed by atoms with Crippen LogP contribution >= 0.6 is 11.6 Å². The van der Waals surface area contributed by atoms with Crippen molar-refractivity contribution in [1.29, 1.82) is 0 Å². The molecule has 39 heavy (non-hydrogen) atoms. The second-order valence-corrected chi connectivity index (χ2v) is 10.4. The largest absolute Gasteiger partial charge is 0.364 e. The zero-order valence-electron chi connectivity index (χ0n) is 20.8. The minimum atomic E-state index is -0.709. The van der Waals surface area contributed by atoms with Crippen molar-refractivity contribution in [3.8, 4) is 5.69 Å². The van der Waals surface area contributed by atoms with Crippen molar-refractivity contribution >= 4 is 40.2 Å². The lowest BCUT2D eigenvalue weighted by Crippen LogP contribution is -2.53. The van der Waals surface area contributed by atoms with E-state index in [9.17, 15) is 18.8 Å². The Morgan fingerprint density at radius 1 is 1.18 bits per heavy atom. The molecule has 3 amide bonds. The maximum atomic E-state index is 14.3. The zero-order valence-corrected chi connectivity index (χ0v) is 21.5. The fraction of sp³-hybridized carbons (Fsp3) is 0.296. The van der Waals surface area contributed by atoms with Gasteiger partial charge in [-0.3, -0.25) is 19.1 Å². The molecular formula is C27H25ClFN7O3. The molecule has 2 fully saturated rings. The highest BCUT2D eigenvalue weighted by atomic mass is 35.5. The lowest BCUT2D eigenvalue weighted by Gasteiger charge is -2.34. The second-order valence-electron chi connectivity index (χ2n) is 9.95. The highest BCUT2D eigenvalue weighted by Crippen LogP contribution is 2.42. The highest BCUT2D eigenvalue weighted by molar-refractivity contribution is 6.30. The van der Waals surface area contributed by atoms with Crippen molar-refractivity contribution in [2.75, 3.05) is 0 Å². The van der Waals surface area contributed by atoms with E-state index in [0.717, 1.165) is 24.9 Å². The second kappa shape index (κ2) is 9.81. The smallest absolute Gasteiger partial charge is 0.269 e. The van der Waals surface area contributed by atoms with Crippen molar-refractivity contribution in [2.45, 2.75) is 44.4 Å². The van der Waals surface area contributed by atoms with Crippen LogP contribution in [0.5, 0.6) is 0 Å². The number of imidazole rings is 1. The molecule has 1 aliphatic carbocycles. The summed E-state index contributed by atoms with van der Waals surface area (Å²) in [4.78, 5) is 44.8. The first-order valence-electron chi connectivity index (χ1n) is 12.6. The average molecular weight is 550 g/mol. The molecule has 10 nitrogen and oxygen atoms in total. The number of aromatic nitrogens is 4. The van der Waals surface area contributed by atoms with E-state index in [4.69, 9.17) is 17.3 Å². The lowest BCUT2D eigenvalue weighted by molar-refractivity contribution is -0.143. The van der Waals surface area contributed by atoms with Gasteiger partial charge in [0.05, 0.1) is 16.9 Å². The summed E-state index contributed by atoms with van der Waals surface area (Å²) in [6.07, 6.45) is 7.43. The Bertz CT molecular complexity index is 1600. The van der Waals surface area contributed by atoms with Gasteiger partial charge in [0.25, 0.3) is 5.91 Å². The predicted octanol–water partition coefficient (Wildman–Crippen LogP) is 2.81. The Labute approximate surface area is 227 Å². The lowest BCUT2D eigenvalue weighted by atomic mass is 9.97. The van der Waals surface area contributed by atoms with E-state index in [-0.39, 0.29) is 53.1 Å². The molecule has 2 bridgehead atoms. The van der Waals surface area contributed by atoms with E-state index < -0.39 is 17.8 Å². The van der Waals surface area contributed by atoms with Gasteiger partial charge in [-0.2, -0.15) is 5.10 Å². The number of fused-ring (bicyclic) bond motifs is 3. The fourth-order valence-electron chi connectivity index (χ4n) is 5.91. The first kappa shape index (κ1) is 25.1. The summed E-state index contributed by atoms with van der Waals surface area (Å²) in [7, 11) is 0. The molecule has 0 radical (unpaired) electrons. The minimum Gasteiger partial charge on any atom is -0.364 e. The number of piperidine rings is 1. The summed E-state index contributed by atoms with van der Waals surface area (Å²) in [5, 5.41) is 7.65. The number of primary amides is 1. The van der Waals surface area contributed by atoms with Crippen LogP contribution in [-0.4, -0.2) is 54.0 Å². The number of hydrogen-bond acceptors (Lipinski definition) is 5. The molecule has 200 valence electrons. The molecule has 0 spiro atoms. The number of benzene rings is 2. The molecule has 0 unspecified atom stereocenters. The quantitative estimate of drug-likeness (QED) is 0.366. The van der Waals surface area contributed by atoms with E-state index in [0.29, 0.717) is 10.9 Å². The molecule has 1 aliphatic heterocycles. The Kier molecular flexibility index (Phi) is 6.30. The van der Waals surface area contributed by atoms with Gasteiger partial charge in [-0.1, -0.05) is 23.7 Å². The van der Waals surface area contributed by atoms with Crippen molar-refractivity contribution < 1.29 is 18.8 Å². The summed E-state index contributed by atoms with van der Waals surface area (Å²) in [5.41, 5.74) is 7.27. The van der Waals surface area contributed by atoms with E-state index >= 15 is 0 Å². The number of nitrogens with zero attached hydrogens (tertiary/aromatic N) is 5. The molecule has 12 heteroatoms. The molecule has 3 heterocycles. The van der Waals surface area contributed by atoms with E-state index in [1.54, 1.807) is 52.5 Å². The first-order valence-corrected chi connectivity index (χ1v) is 13.0. The summed E-state index contributed by atoms with van der Waals surface area (Å²) in [6, 6.07) is 9.27. The van der Waals surface area contributed by atoms with Crippen molar-refractivity contribution in [1.82, 2.24) is 29.5 Å². The van der Waals surface area contributed by atoms with Crippen LogP contribution in [0.2, 0.25) is 5.02 Å². The zero-order chi connectivity index (χ0) is 27.3. The Morgan fingerprint density at radius 2 is 2.03 bits per heavy atom. The number of hydrogen-bond donors (Lipinski definition) is 2. The molecule has 6 rings (SSSR count). The van der Waals surface area contributed by atoms with Crippen molar-refractivity contribution in [3.05, 3.63) is 77.2 Å². The highest BCUT2D eigenvalue weighted by Gasteiger charge is 2.51. The van der Waals surface area contributed by atoms with Gasteiger partial charge in [-0.15, -0.1) is 0 Å². The van der Waals surface area contributed by atoms with Crippen LogP contribution in [0.4, 0.5) is 4.39 Å². The molecule has 4 aromatic rings. The van der Waals surface area contributed by atoms with Crippen LogP contribution in [-0.2, 0) is 22.7 Å². The third-order valence-corrected chi connectivity index (χ3v) is 7.97. The van der Waals surface area contributed by atoms with E-state index in [1.807, 2.05) is 6.07 Å².